The number of rotatable bonds is 2. The van der Waals surface area contributed by atoms with Crippen molar-refractivity contribution in [1.82, 2.24) is 0 Å². The third kappa shape index (κ3) is 2.65. The van der Waals surface area contributed by atoms with E-state index in [-0.39, 0.29) is 10.8 Å². The topological polar surface area (TPSA) is 0 Å². The molecule has 1 atom stereocenters. The predicted molar refractivity (Wildman–Crippen MR) is 124 cm³/mol. The molecule has 1 unspecified atom stereocenters. The van der Waals surface area contributed by atoms with Crippen LogP contribution in [0.25, 0.3) is 11.1 Å². The molecule has 148 valence electrons. The SMILES string of the molecule is CCC1(c2ccccc2C)CCCc2c1ccc1c2C(C)(C)Cc2ccccc2-1. The molecule has 0 saturated carbocycles. The molecular formula is C29H32. The molecule has 0 heteroatoms. The van der Waals surface area contributed by atoms with Crippen LogP contribution in [0.1, 0.15) is 73.4 Å². The van der Waals surface area contributed by atoms with E-state index in [9.17, 15) is 0 Å². The van der Waals surface area contributed by atoms with Crippen molar-refractivity contribution < 1.29 is 0 Å². The van der Waals surface area contributed by atoms with Crippen molar-refractivity contribution in [3.8, 4) is 11.1 Å². The maximum absolute atomic E-state index is 2.49. The summed E-state index contributed by atoms with van der Waals surface area (Å²) in [5.74, 6) is 0. The number of hydrogen-bond donors (Lipinski definition) is 0. The molecule has 0 heterocycles. The highest BCUT2D eigenvalue weighted by molar-refractivity contribution is 5.77. The van der Waals surface area contributed by atoms with E-state index in [1.54, 1.807) is 16.7 Å². The van der Waals surface area contributed by atoms with Gasteiger partial charge in [0, 0.05) is 5.41 Å². The van der Waals surface area contributed by atoms with E-state index in [1.807, 2.05) is 0 Å². The van der Waals surface area contributed by atoms with Crippen LogP contribution in [0.3, 0.4) is 0 Å². The van der Waals surface area contributed by atoms with Gasteiger partial charge in [-0.05, 0) is 89.0 Å². The van der Waals surface area contributed by atoms with E-state index >= 15 is 0 Å². The molecule has 0 aliphatic heterocycles. The highest BCUT2D eigenvalue weighted by atomic mass is 14.5. The minimum atomic E-state index is 0.154. The fourth-order valence-electron chi connectivity index (χ4n) is 6.50. The van der Waals surface area contributed by atoms with Gasteiger partial charge in [0.25, 0.3) is 0 Å². The summed E-state index contributed by atoms with van der Waals surface area (Å²) in [6, 6.07) is 23.1. The molecule has 0 bridgehead atoms. The molecule has 3 aromatic carbocycles. The second kappa shape index (κ2) is 6.59. The van der Waals surface area contributed by atoms with E-state index in [4.69, 9.17) is 0 Å². The summed E-state index contributed by atoms with van der Waals surface area (Å²) >= 11 is 0. The van der Waals surface area contributed by atoms with Crippen LogP contribution in [0, 0.1) is 6.92 Å². The molecule has 0 radical (unpaired) electrons. The zero-order chi connectivity index (χ0) is 20.2. The molecule has 0 spiro atoms. The van der Waals surface area contributed by atoms with Crippen molar-refractivity contribution >= 4 is 0 Å². The Hall–Kier alpha value is -2.34. The Kier molecular flexibility index (Phi) is 4.24. The molecule has 0 amide bonds. The first-order valence-corrected chi connectivity index (χ1v) is 11.3. The highest BCUT2D eigenvalue weighted by Gasteiger charge is 2.42. The molecule has 0 fully saturated rings. The summed E-state index contributed by atoms with van der Waals surface area (Å²) in [7, 11) is 0. The highest BCUT2D eigenvalue weighted by Crippen LogP contribution is 2.52. The Morgan fingerprint density at radius 2 is 1.59 bits per heavy atom. The molecule has 3 aromatic rings. The molecule has 0 nitrogen and oxygen atoms in total. The van der Waals surface area contributed by atoms with E-state index < -0.39 is 0 Å². The summed E-state index contributed by atoms with van der Waals surface area (Å²) in [6.45, 7) is 9.59. The molecule has 0 aromatic heterocycles. The summed E-state index contributed by atoms with van der Waals surface area (Å²) in [4.78, 5) is 0. The standard InChI is InChI=1S/C29H32/c1-5-29(25-15-9-6-11-20(25)2)18-10-14-24-26(29)17-16-23-22-13-8-7-12-21(22)19-28(3,4)27(23)24/h6-9,11-13,15-17H,5,10,14,18-19H2,1-4H3. The van der Waals surface area contributed by atoms with Crippen molar-refractivity contribution in [3.63, 3.8) is 0 Å². The molecular weight excluding hydrogens is 348 g/mol. The number of hydrogen-bond acceptors (Lipinski definition) is 0. The Bertz CT molecular complexity index is 1080. The summed E-state index contributed by atoms with van der Waals surface area (Å²) in [5, 5.41) is 0. The van der Waals surface area contributed by atoms with Crippen molar-refractivity contribution in [2.24, 2.45) is 0 Å². The Morgan fingerprint density at radius 1 is 0.828 bits per heavy atom. The van der Waals surface area contributed by atoms with Crippen LogP contribution < -0.4 is 0 Å². The normalized spacial score (nSPS) is 21.8. The maximum Gasteiger partial charge on any atom is 0.0205 e. The summed E-state index contributed by atoms with van der Waals surface area (Å²) < 4.78 is 0. The zero-order valence-electron chi connectivity index (χ0n) is 18.3. The van der Waals surface area contributed by atoms with Gasteiger partial charge in [-0.3, -0.25) is 0 Å². The van der Waals surface area contributed by atoms with Gasteiger partial charge in [-0.15, -0.1) is 0 Å². The van der Waals surface area contributed by atoms with E-state index in [0.29, 0.717) is 0 Å². The van der Waals surface area contributed by atoms with Crippen molar-refractivity contribution in [2.75, 3.05) is 0 Å². The Labute approximate surface area is 176 Å². The average molecular weight is 381 g/mol. The van der Waals surface area contributed by atoms with Gasteiger partial charge in [0.2, 0.25) is 0 Å². The van der Waals surface area contributed by atoms with Crippen LogP contribution in [0.15, 0.2) is 60.7 Å². The fourth-order valence-corrected chi connectivity index (χ4v) is 6.50. The van der Waals surface area contributed by atoms with Gasteiger partial charge in [-0.25, -0.2) is 0 Å². The Balaban J connectivity index is 1.81. The van der Waals surface area contributed by atoms with Gasteiger partial charge < -0.3 is 0 Å². The lowest BCUT2D eigenvalue weighted by Gasteiger charge is -2.44. The summed E-state index contributed by atoms with van der Waals surface area (Å²) in [6.07, 6.45) is 6.06. The number of fused-ring (bicyclic) bond motifs is 5. The third-order valence-corrected chi connectivity index (χ3v) is 7.74. The van der Waals surface area contributed by atoms with Gasteiger partial charge in [-0.1, -0.05) is 81.4 Å². The van der Waals surface area contributed by atoms with E-state index in [0.717, 1.165) is 6.42 Å². The van der Waals surface area contributed by atoms with E-state index in [1.165, 1.54) is 53.5 Å². The number of benzene rings is 3. The van der Waals surface area contributed by atoms with Crippen molar-refractivity contribution in [2.45, 2.75) is 70.6 Å². The quantitative estimate of drug-likeness (QED) is 0.431. The second-order valence-electron chi connectivity index (χ2n) is 9.84. The van der Waals surface area contributed by atoms with Gasteiger partial charge in [0.1, 0.15) is 0 Å². The zero-order valence-corrected chi connectivity index (χ0v) is 18.3. The second-order valence-corrected chi connectivity index (χ2v) is 9.84. The predicted octanol–water partition coefficient (Wildman–Crippen LogP) is 7.53. The van der Waals surface area contributed by atoms with Crippen LogP contribution >= 0.6 is 0 Å². The first kappa shape index (κ1) is 18.7. The lowest BCUT2D eigenvalue weighted by molar-refractivity contribution is 0.404. The van der Waals surface area contributed by atoms with Gasteiger partial charge in [0.15, 0.2) is 0 Å². The molecule has 0 N–H and O–H groups in total. The minimum Gasteiger partial charge on any atom is -0.0642 e. The summed E-state index contributed by atoms with van der Waals surface area (Å²) in [5.41, 5.74) is 12.6. The molecule has 29 heavy (non-hydrogen) atoms. The smallest absolute Gasteiger partial charge is 0.0205 e. The van der Waals surface area contributed by atoms with Crippen molar-refractivity contribution in [3.05, 3.63) is 94.0 Å². The first-order chi connectivity index (χ1) is 14.0. The van der Waals surface area contributed by atoms with Crippen LogP contribution in [0.2, 0.25) is 0 Å². The van der Waals surface area contributed by atoms with Crippen molar-refractivity contribution in [1.29, 1.82) is 0 Å². The molecule has 2 aliphatic rings. The largest absolute Gasteiger partial charge is 0.0642 e. The third-order valence-electron chi connectivity index (χ3n) is 7.74. The van der Waals surface area contributed by atoms with E-state index in [2.05, 4.69) is 88.4 Å². The lowest BCUT2D eigenvalue weighted by Crippen LogP contribution is -2.36. The minimum absolute atomic E-state index is 0.154. The molecule has 2 aliphatic carbocycles. The van der Waals surface area contributed by atoms with Crippen LogP contribution in [0.5, 0.6) is 0 Å². The van der Waals surface area contributed by atoms with Crippen LogP contribution in [0.4, 0.5) is 0 Å². The van der Waals surface area contributed by atoms with Gasteiger partial charge >= 0.3 is 0 Å². The average Bonchev–Trinajstić information content (AvgIpc) is 2.72. The van der Waals surface area contributed by atoms with Gasteiger partial charge in [-0.2, -0.15) is 0 Å². The monoisotopic (exact) mass is 380 g/mol. The number of aryl methyl sites for hydroxylation is 1. The fraction of sp³-hybridized carbons (Fsp3) is 0.379. The van der Waals surface area contributed by atoms with Crippen LogP contribution in [-0.4, -0.2) is 0 Å². The molecule has 0 saturated heterocycles. The lowest BCUT2D eigenvalue weighted by atomic mass is 9.59. The maximum atomic E-state index is 2.49. The first-order valence-electron chi connectivity index (χ1n) is 11.3. The van der Waals surface area contributed by atoms with Crippen LogP contribution in [-0.2, 0) is 23.7 Å². The molecule has 5 rings (SSSR count). The Morgan fingerprint density at radius 3 is 2.38 bits per heavy atom. The van der Waals surface area contributed by atoms with Gasteiger partial charge in [0.05, 0.1) is 0 Å².